The molecule has 0 aliphatic carbocycles. The third kappa shape index (κ3) is 5.32. The summed E-state index contributed by atoms with van der Waals surface area (Å²) in [4.78, 5) is 16.2. The third-order valence-electron chi connectivity index (χ3n) is 3.71. The van der Waals surface area contributed by atoms with Crippen molar-refractivity contribution in [3.63, 3.8) is 0 Å². The normalized spacial score (nSPS) is 15.6. The maximum absolute atomic E-state index is 12.2. The Balaban J connectivity index is 1.96. The average Bonchev–Trinajstić information content (AvgIpc) is 2.52. The summed E-state index contributed by atoms with van der Waals surface area (Å²) in [5.41, 5.74) is 0.646. The number of amides is 1. The molecule has 0 bridgehead atoms. The quantitative estimate of drug-likeness (QED) is 0.840. The van der Waals surface area contributed by atoms with Crippen LogP contribution in [0.3, 0.4) is 0 Å². The average molecular weight is 334 g/mol. The second-order valence-corrected chi connectivity index (χ2v) is 7.63. The number of anilines is 1. The molecule has 5 nitrogen and oxygen atoms in total. The van der Waals surface area contributed by atoms with Gasteiger partial charge in [-0.2, -0.15) is 0 Å². The lowest BCUT2D eigenvalue weighted by atomic mass is 10.2. The maximum Gasteiger partial charge on any atom is 0.410 e. The summed E-state index contributed by atoms with van der Waals surface area (Å²) >= 11 is 0. The molecule has 2 rings (SSSR count). The van der Waals surface area contributed by atoms with Crippen LogP contribution < -0.4 is 9.64 Å². The molecule has 0 aromatic heterocycles. The zero-order valence-corrected chi connectivity index (χ0v) is 15.5. The van der Waals surface area contributed by atoms with Gasteiger partial charge in [-0.15, -0.1) is 0 Å². The van der Waals surface area contributed by atoms with E-state index in [4.69, 9.17) is 9.47 Å². The Hall–Kier alpha value is -1.91. The Bertz CT molecular complexity index is 544. The highest BCUT2D eigenvalue weighted by Gasteiger charge is 2.26. The molecule has 0 saturated carbocycles. The van der Waals surface area contributed by atoms with Crippen LogP contribution in [-0.2, 0) is 4.74 Å². The minimum Gasteiger partial charge on any atom is -0.491 e. The second kappa shape index (κ2) is 7.77. The summed E-state index contributed by atoms with van der Waals surface area (Å²) in [7, 11) is 0. The molecule has 1 heterocycles. The van der Waals surface area contributed by atoms with Gasteiger partial charge in [0.05, 0.1) is 12.3 Å². The Morgan fingerprint density at radius 3 is 2.33 bits per heavy atom. The van der Waals surface area contributed by atoms with Crippen molar-refractivity contribution in [2.75, 3.05) is 37.7 Å². The summed E-state index contributed by atoms with van der Waals surface area (Å²) in [6.07, 6.45) is -0.230. The summed E-state index contributed by atoms with van der Waals surface area (Å²) in [6, 6.07) is 8.12. The first kappa shape index (κ1) is 18.4. The molecule has 1 amide bonds. The Morgan fingerprint density at radius 2 is 1.75 bits per heavy atom. The standard InChI is InChI=1S/C19H30N2O3/c1-15(2)14-23-17-9-7-6-8-16(17)20-10-12-21(13-11-20)18(22)24-19(3,4)5/h6-9,15H,10-14H2,1-5H3. The van der Waals surface area contributed by atoms with Crippen molar-refractivity contribution in [1.29, 1.82) is 0 Å². The minimum atomic E-state index is -0.453. The van der Waals surface area contributed by atoms with Crippen molar-refractivity contribution in [3.05, 3.63) is 24.3 Å². The highest BCUT2D eigenvalue weighted by molar-refractivity contribution is 5.69. The van der Waals surface area contributed by atoms with E-state index in [9.17, 15) is 4.79 Å². The third-order valence-corrected chi connectivity index (χ3v) is 3.71. The summed E-state index contributed by atoms with van der Waals surface area (Å²) in [5, 5.41) is 0. The highest BCUT2D eigenvalue weighted by atomic mass is 16.6. The van der Waals surface area contributed by atoms with E-state index in [1.54, 1.807) is 4.90 Å². The largest absolute Gasteiger partial charge is 0.491 e. The van der Waals surface area contributed by atoms with Gasteiger partial charge < -0.3 is 19.3 Å². The number of rotatable bonds is 4. The monoisotopic (exact) mass is 334 g/mol. The first-order chi connectivity index (χ1) is 11.3. The number of carbonyl (C=O) groups is 1. The van der Waals surface area contributed by atoms with Crippen LogP contribution in [0.2, 0.25) is 0 Å². The van der Waals surface area contributed by atoms with E-state index in [0.717, 1.165) is 24.5 Å². The molecule has 24 heavy (non-hydrogen) atoms. The number of nitrogens with zero attached hydrogens (tertiary/aromatic N) is 2. The Morgan fingerprint density at radius 1 is 1.12 bits per heavy atom. The molecule has 134 valence electrons. The number of para-hydroxylation sites is 2. The molecule has 0 spiro atoms. The van der Waals surface area contributed by atoms with Gasteiger partial charge in [-0.05, 0) is 38.8 Å². The van der Waals surface area contributed by atoms with Crippen LogP contribution in [0.4, 0.5) is 10.5 Å². The highest BCUT2D eigenvalue weighted by Crippen LogP contribution is 2.29. The summed E-state index contributed by atoms with van der Waals surface area (Å²) < 4.78 is 11.4. The fourth-order valence-electron chi connectivity index (χ4n) is 2.55. The molecular weight excluding hydrogens is 304 g/mol. The van der Waals surface area contributed by atoms with Crippen LogP contribution in [-0.4, -0.2) is 49.4 Å². The van der Waals surface area contributed by atoms with Crippen LogP contribution in [0.5, 0.6) is 5.75 Å². The fraction of sp³-hybridized carbons (Fsp3) is 0.632. The van der Waals surface area contributed by atoms with Gasteiger partial charge in [0, 0.05) is 26.2 Å². The molecule has 0 unspecified atom stereocenters. The molecule has 1 aromatic carbocycles. The van der Waals surface area contributed by atoms with E-state index < -0.39 is 5.60 Å². The van der Waals surface area contributed by atoms with Crippen molar-refractivity contribution in [2.45, 2.75) is 40.2 Å². The number of hydrogen-bond donors (Lipinski definition) is 0. The van der Waals surface area contributed by atoms with Crippen molar-refractivity contribution in [1.82, 2.24) is 4.90 Å². The molecule has 0 atom stereocenters. The van der Waals surface area contributed by atoms with Gasteiger partial charge in [0.1, 0.15) is 11.4 Å². The van der Waals surface area contributed by atoms with Gasteiger partial charge in [-0.1, -0.05) is 26.0 Å². The number of ether oxygens (including phenoxy) is 2. The number of benzene rings is 1. The predicted molar refractivity (Wildman–Crippen MR) is 96.8 cm³/mol. The van der Waals surface area contributed by atoms with Crippen LogP contribution in [0.15, 0.2) is 24.3 Å². The van der Waals surface area contributed by atoms with Crippen molar-refractivity contribution in [2.24, 2.45) is 5.92 Å². The number of piperazine rings is 1. The zero-order chi connectivity index (χ0) is 17.7. The molecule has 5 heteroatoms. The maximum atomic E-state index is 12.2. The molecule has 1 saturated heterocycles. The van der Waals surface area contributed by atoms with Crippen molar-refractivity contribution < 1.29 is 14.3 Å². The SMILES string of the molecule is CC(C)COc1ccccc1N1CCN(C(=O)OC(C)(C)C)CC1. The number of hydrogen-bond acceptors (Lipinski definition) is 4. The molecule has 1 aliphatic rings. The summed E-state index contributed by atoms with van der Waals surface area (Å²) in [6.45, 7) is 13.5. The van der Waals surface area contributed by atoms with E-state index in [0.29, 0.717) is 25.6 Å². The lowest BCUT2D eigenvalue weighted by Crippen LogP contribution is -2.50. The first-order valence-electron chi connectivity index (χ1n) is 8.71. The Labute approximate surface area is 145 Å². The van der Waals surface area contributed by atoms with Crippen molar-refractivity contribution in [3.8, 4) is 5.75 Å². The lowest BCUT2D eigenvalue weighted by Gasteiger charge is -2.37. The smallest absolute Gasteiger partial charge is 0.410 e. The van der Waals surface area contributed by atoms with Crippen LogP contribution in [0, 0.1) is 5.92 Å². The van der Waals surface area contributed by atoms with E-state index in [2.05, 4.69) is 24.8 Å². The second-order valence-electron chi connectivity index (χ2n) is 7.63. The fourth-order valence-corrected chi connectivity index (χ4v) is 2.55. The van der Waals surface area contributed by atoms with Crippen LogP contribution >= 0.6 is 0 Å². The molecule has 0 N–H and O–H groups in total. The molecule has 1 aliphatic heterocycles. The summed E-state index contributed by atoms with van der Waals surface area (Å²) in [5.74, 6) is 1.40. The van der Waals surface area contributed by atoms with Gasteiger partial charge in [0.15, 0.2) is 0 Å². The molecular formula is C19H30N2O3. The van der Waals surface area contributed by atoms with Crippen LogP contribution in [0.1, 0.15) is 34.6 Å². The van der Waals surface area contributed by atoms with Gasteiger partial charge in [-0.25, -0.2) is 4.79 Å². The molecule has 1 aromatic rings. The zero-order valence-electron chi connectivity index (χ0n) is 15.5. The van der Waals surface area contributed by atoms with Gasteiger partial charge in [-0.3, -0.25) is 0 Å². The van der Waals surface area contributed by atoms with Gasteiger partial charge >= 0.3 is 6.09 Å². The van der Waals surface area contributed by atoms with Crippen molar-refractivity contribution >= 4 is 11.8 Å². The molecule has 1 fully saturated rings. The lowest BCUT2D eigenvalue weighted by molar-refractivity contribution is 0.0240. The topological polar surface area (TPSA) is 42.0 Å². The Kier molecular flexibility index (Phi) is 5.97. The van der Waals surface area contributed by atoms with Gasteiger partial charge in [0.25, 0.3) is 0 Å². The molecule has 0 radical (unpaired) electrons. The predicted octanol–water partition coefficient (Wildman–Crippen LogP) is 3.78. The van der Waals surface area contributed by atoms with E-state index in [1.807, 2.05) is 39.0 Å². The van der Waals surface area contributed by atoms with E-state index in [-0.39, 0.29) is 6.09 Å². The van der Waals surface area contributed by atoms with E-state index in [1.165, 1.54) is 0 Å². The first-order valence-corrected chi connectivity index (χ1v) is 8.71. The van der Waals surface area contributed by atoms with E-state index >= 15 is 0 Å². The van der Waals surface area contributed by atoms with Gasteiger partial charge in [0.2, 0.25) is 0 Å². The van der Waals surface area contributed by atoms with Crippen LogP contribution in [0.25, 0.3) is 0 Å². The number of carbonyl (C=O) groups excluding carboxylic acids is 1. The minimum absolute atomic E-state index is 0.230.